The molecule has 1 rings (SSSR count). The Morgan fingerprint density at radius 1 is 1.25 bits per heavy atom. The second-order valence-corrected chi connectivity index (χ2v) is 5.26. The van der Waals surface area contributed by atoms with Crippen molar-refractivity contribution in [1.29, 1.82) is 0 Å². The molecular weight excluding hydrogens is 252 g/mol. The molecule has 0 aliphatic heterocycles. The fraction of sp³-hybridized carbons (Fsp3) is 0.562. The molecule has 0 unspecified atom stereocenters. The molecule has 0 heterocycles. The van der Waals surface area contributed by atoms with E-state index in [1.807, 2.05) is 24.3 Å². The largest absolute Gasteiger partial charge is 0.494 e. The van der Waals surface area contributed by atoms with Gasteiger partial charge in [-0.05, 0) is 43.0 Å². The van der Waals surface area contributed by atoms with Gasteiger partial charge in [0.25, 0.3) is 0 Å². The minimum atomic E-state index is 0.0250. The Labute approximate surface area is 121 Å². The quantitative estimate of drug-likeness (QED) is 0.730. The Balaban J connectivity index is 2.25. The van der Waals surface area contributed by atoms with Gasteiger partial charge in [0.05, 0.1) is 13.2 Å². The van der Waals surface area contributed by atoms with Crippen LogP contribution in [0.3, 0.4) is 0 Å². The standard InChI is InChI=1S/C16H26N2O2/c1-4-11-20-15-7-5-14(6-8-15)18-12-16(19)17-10-9-13(2)3/h5-8,13,18H,4,9-12H2,1-3H3,(H,17,19). The predicted molar refractivity (Wildman–Crippen MR) is 83.2 cm³/mol. The summed E-state index contributed by atoms with van der Waals surface area (Å²) >= 11 is 0. The molecule has 2 N–H and O–H groups in total. The summed E-state index contributed by atoms with van der Waals surface area (Å²) in [5, 5.41) is 6.00. The van der Waals surface area contributed by atoms with E-state index in [0.717, 1.165) is 37.4 Å². The van der Waals surface area contributed by atoms with Gasteiger partial charge in [0, 0.05) is 12.2 Å². The van der Waals surface area contributed by atoms with Crippen LogP contribution in [0, 0.1) is 5.92 Å². The number of rotatable bonds is 9. The number of anilines is 1. The number of carbonyl (C=O) groups is 1. The highest BCUT2D eigenvalue weighted by atomic mass is 16.5. The fourth-order valence-electron chi connectivity index (χ4n) is 1.63. The molecule has 20 heavy (non-hydrogen) atoms. The maximum Gasteiger partial charge on any atom is 0.239 e. The van der Waals surface area contributed by atoms with Crippen molar-refractivity contribution in [2.75, 3.05) is 25.0 Å². The van der Waals surface area contributed by atoms with Gasteiger partial charge in [0.2, 0.25) is 5.91 Å². The zero-order valence-corrected chi connectivity index (χ0v) is 12.7. The molecule has 112 valence electrons. The molecule has 1 amide bonds. The predicted octanol–water partition coefficient (Wildman–Crippen LogP) is 3.05. The number of nitrogens with one attached hydrogen (secondary N) is 2. The summed E-state index contributed by atoms with van der Waals surface area (Å²) in [5.74, 6) is 1.50. The van der Waals surface area contributed by atoms with Gasteiger partial charge in [-0.2, -0.15) is 0 Å². The van der Waals surface area contributed by atoms with Crippen LogP contribution in [0.1, 0.15) is 33.6 Å². The summed E-state index contributed by atoms with van der Waals surface area (Å²) < 4.78 is 5.50. The fourth-order valence-corrected chi connectivity index (χ4v) is 1.63. The minimum absolute atomic E-state index is 0.0250. The SMILES string of the molecule is CCCOc1ccc(NCC(=O)NCCC(C)C)cc1. The van der Waals surface area contributed by atoms with E-state index in [-0.39, 0.29) is 5.91 Å². The first kappa shape index (κ1) is 16.3. The minimum Gasteiger partial charge on any atom is -0.494 e. The van der Waals surface area contributed by atoms with Crippen LogP contribution in [0.25, 0.3) is 0 Å². The van der Waals surface area contributed by atoms with Gasteiger partial charge in [-0.25, -0.2) is 0 Å². The molecule has 0 bridgehead atoms. The highest BCUT2D eigenvalue weighted by Gasteiger charge is 2.02. The lowest BCUT2D eigenvalue weighted by atomic mass is 10.1. The molecule has 0 radical (unpaired) electrons. The van der Waals surface area contributed by atoms with Crippen LogP contribution in [0.2, 0.25) is 0 Å². The van der Waals surface area contributed by atoms with E-state index < -0.39 is 0 Å². The van der Waals surface area contributed by atoms with Crippen LogP contribution in [0.15, 0.2) is 24.3 Å². The third kappa shape index (κ3) is 7.02. The Morgan fingerprint density at radius 2 is 1.95 bits per heavy atom. The van der Waals surface area contributed by atoms with Crippen molar-refractivity contribution in [3.63, 3.8) is 0 Å². The Hall–Kier alpha value is -1.71. The number of hydrogen-bond donors (Lipinski definition) is 2. The number of benzene rings is 1. The van der Waals surface area contributed by atoms with Crippen LogP contribution in [-0.4, -0.2) is 25.6 Å². The lowest BCUT2D eigenvalue weighted by Gasteiger charge is -2.10. The molecule has 1 aromatic rings. The molecule has 0 aliphatic carbocycles. The van der Waals surface area contributed by atoms with Gasteiger partial charge in [0.15, 0.2) is 0 Å². The van der Waals surface area contributed by atoms with Gasteiger partial charge in [0.1, 0.15) is 5.75 Å². The van der Waals surface area contributed by atoms with E-state index in [0.29, 0.717) is 12.5 Å². The van der Waals surface area contributed by atoms with Crippen molar-refractivity contribution in [2.45, 2.75) is 33.6 Å². The summed E-state index contributed by atoms with van der Waals surface area (Å²) in [4.78, 5) is 11.6. The Kier molecular flexibility index (Phi) is 7.55. The van der Waals surface area contributed by atoms with Gasteiger partial charge in [-0.1, -0.05) is 20.8 Å². The van der Waals surface area contributed by atoms with Crippen molar-refractivity contribution < 1.29 is 9.53 Å². The summed E-state index contributed by atoms with van der Waals surface area (Å²) in [6, 6.07) is 7.67. The number of hydrogen-bond acceptors (Lipinski definition) is 3. The second kappa shape index (κ2) is 9.23. The number of ether oxygens (including phenoxy) is 1. The van der Waals surface area contributed by atoms with Gasteiger partial charge >= 0.3 is 0 Å². The molecule has 0 saturated heterocycles. The van der Waals surface area contributed by atoms with E-state index in [2.05, 4.69) is 31.4 Å². The molecule has 4 nitrogen and oxygen atoms in total. The average molecular weight is 278 g/mol. The number of carbonyl (C=O) groups excluding carboxylic acids is 1. The van der Waals surface area contributed by atoms with E-state index in [9.17, 15) is 4.79 Å². The molecule has 0 saturated carbocycles. The van der Waals surface area contributed by atoms with Crippen molar-refractivity contribution in [1.82, 2.24) is 5.32 Å². The van der Waals surface area contributed by atoms with Crippen molar-refractivity contribution in [3.8, 4) is 5.75 Å². The lowest BCUT2D eigenvalue weighted by molar-refractivity contribution is -0.119. The monoisotopic (exact) mass is 278 g/mol. The van der Waals surface area contributed by atoms with E-state index >= 15 is 0 Å². The normalized spacial score (nSPS) is 10.4. The maximum absolute atomic E-state index is 11.6. The summed E-state index contributed by atoms with van der Waals surface area (Å²) in [6.45, 7) is 8.13. The Morgan fingerprint density at radius 3 is 2.55 bits per heavy atom. The van der Waals surface area contributed by atoms with Gasteiger partial charge < -0.3 is 15.4 Å². The molecule has 0 aromatic heterocycles. The summed E-state index contributed by atoms with van der Waals surface area (Å²) in [7, 11) is 0. The third-order valence-electron chi connectivity index (χ3n) is 2.82. The number of amides is 1. The molecule has 0 atom stereocenters. The second-order valence-electron chi connectivity index (χ2n) is 5.26. The Bertz CT molecular complexity index is 388. The zero-order valence-electron chi connectivity index (χ0n) is 12.7. The molecule has 1 aromatic carbocycles. The smallest absolute Gasteiger partial charge is 0.239 e. The first-order valence-electron chi connectivity index (χ1n) is 7.35. The van der Waals surface area contributed by atoms with Crippen molar-refractivity contribution in [3.05, 3.63) is 24.3 Å². The maximum atomic E-state index is 11.6. The molecule has 0 spiro atoms. The highest BCUT2D eigenvalue weighted by molar-refractivity contribution is 5.80. The van der Waals surface area contributed by atoms with Crippen molar-refractivity contribution >= 4 is 11.6 Å². The molecule has 0 fully saturated rings. The molecule has 4 heteroatoms. The lowest BCUT2D eigenvalue weighted by Crippen LogP contribution is -2.31. The molecular formula is C16H26N2O2. The van der Waals surface area contributed by atoms with Crippen LogP contribution in [-0.2, 0) is 4.79 Å². The van der Waals surface area contributed by atoms with E-state index in [4.69, 9.17) is 4.74 Å². The summed E-state index contributed by atoms with van der Waals surface area (Å²) in [5.41, 5.74) is 0.924. The average Bonchev–Trinajstić information content (AvgIpc) is 2.43. The summed E-state index contributed by atoms with van der Waals surface area (Å²) in [6.07, 6.45) is 2.01. The van der Waals surface area contributed by atoms with Gasteiger partial charge in [-0.15, -0.1) is 0 Å². The van der Waals surface area contributed by atoms with Crippen LogP contribution >= 0.6 is 0 Å². The topological polar surface area (TPSA) is 50.4 Å². The first-order valence-corrected chi connectivity index (χ1v) is 7.35. The third-order valence-corrected chi connectivity index (χ3v) is 2.82. The van der Waals surface area contributed by atoms with Crippen LogP contribution < -0.4 is 15.4 Å². The van der Waals surface area contributed by atoms with Crippen LogP contribution in [0.5, 0.6) is 5.75 Å². The zero-order chi connectivity index (χ0) is 14.8. The first-order chi connectivity index (χ1) is 9.61. The van der Waals surface area contributed by atoms with Gasteiger partial charge in [-0.3, -0.25) is 4.79 Å². The van der Waals surface area contributed by atoms with Crippen molar-refractivity contribution in [2.24, 2.45) is 5.92 Å². The van der Waals surface area contributed by atoms with E-state index in [1.165, 1.54) is 0 Å². The highest BCUT2D eigenvalue weighted by Crippen LogP contribution is 2.15. The molecule has 0 aliphatic rings. The van der Waals surface area contributed by atoms with E-state index in [1.54, 1.807) is 0 Å². The van der Waals surface area contributed by atoms with Crippen LogP contribution in [0.4, 0.5) is 5.69 Å².